The highest BCUT2D eigenvalue weighted by atomic mass is 79.9. The topological polar surface area (TPSA) is 35.8 Å². The fourth-order valence-corrected chi connectivity index (χ4v) is 2.26. The molecule has 2 aromatic carbocycles. The summed E-state index contributed by atoms with van der Waals surface area (Å²) in [5.74, 6) is -0.343. The van der Waals surface area contributed by atoms with Gasteiger partial charge in [-0.1, -0.05) is 17.7 Å². The molecule has 2 nitrogen and oxygen atoms in total. The van der Waals surface area contributed by atoms with Gasteiger partial charge in [-0.2, -0.15) is 5.26 Å². The zero-order valence-corrected chi connectivity index (χ0v) is 12.1. The van der Waals surface area contributed by atoms with Crippen molar-refractivity contribution in [1.82, 2.24) is 0 Å². The van der Waals surface area contributed by atoms with Crippen LogP contribution in [-0.4, -0.2) is 0 Å². The van der Waals surface area contributed by atoms with Crippen LogP contribution < -0.4 is 5.32 Å². The molecule has 0 amide bonds. The van der Waals surface area contributed by atoms with E-state index in [-0.39, 0.29) is 5.82 Å². The van der Waals surface area contributed by atoms with Crippen molar-refractivity contribution in [3.05, 3.63) is 62.8 Å². The van der Waals surface area contributed by atoms with E-state index in [0.717, 1.165) is 10.2 Å². The van der Waals surface area contributed by atoms with Crippen molar-refractivity contribution in [2.45, 2.75) is 6.54 Å². The smallest absolute Gasteiger partial charge is 0.129 e. The molecule has 5 heteroatoms. The van der Waals surface area contributed by atoms with Crippen LogP contribution in [0.2, 0.25) is 5.02 Å². The van der Waals surface area contributed by atoms with E-state index in [9.17, 15) is 4.39 Å². The Morgan fingerprint density at radius 1 is 1.26 bits per heavy atom. The third kappa shape index (κ3) is 3.46. The maximum atomic E-state index is 13.6. The zero-order valence-electron chi connectivity index (χ0n) is 9.75. The maximum absolute atomic E-state index is 13.6. The summed E-state index contributed by atoms with van der Waals surface area (Å²) in [5, 5.41) is 12.2. The van der Waals surface area contributed by atoms with Crippen molar-refractivity contribution in [2.24, 2.45) is 0 Å². The summed E-state index contributed by atoms with van der Waals surface area (Å²) in [6.07, 6.45) is 0. The quantitative estimate of drug-likeness (QED) is 0.878. The minimum atomic E-state index is -0.343. The van der Waals surface area contributed by atoms with Crippen LogP contribution in [-0.2, 0) is 6.54 Å². The van der Waals surface area contributed by atoms with Crippen LogP contribution >= 0.6 is 27.5 Å². The molecule has 0 spiro atoms. The molecule has 0 heterocycles. The number of hydrogen-bond acceptors (Lipinski definition) is 2. The lowest BCUT2D eigenvalue weighted by molar-refractivity contribution is 0.613. The highest BCUT2D eigenvalue weighted by Crippen LogP contribution is 2.24. The third-order valence-electron chi connectivity index (χ3n) is 2.58. The van der Waals surface area contributed by atoms with Crippen LogP contribution in [0.15, 0.2) is 40.9 Å². The lowest BCUT2D eigenvalue weighted by Gasteiger charge is -2.09. The molecule has 0 atom stereocenters. The van der Waals surface area contributed by atoms with Gasteiger partial charge in [-0.3, -0.25) is 0 Å². The molecule has 2 aromatic rings. The first-order valence-corrected chi connectivity index (χ1v) is 6.64. The molecule has 0 unspecified atom stereocenters. The van der Waals surface area contributed by atoms with Crippen molar-refractivity contribution >= 4 is 33.2 Å². The molecular weight excluding hydrogens is 331 g/mol. The average Bonchev–Trinajstić information content (AvgIpc) is 2.39. The van der Waals surface area contributed by atoms with Crippen molar-refractivity contribution in [1.29, 1.82) is 5.26 Å². The van der Waals surface area contributed by atoms with Gasteiger partial charge in [0, 0.05) is 27.3 Å². The first-order valence-electron chi connectivity index (χ1n) is 5.47. The Morgan fingerprint density at radius 2 is 2.05 bits per heavy atom. The van der Waals surface area contributed by atoms with E-state index < -0.39 is 0 Å². The molecule has 0 fully saturated rings. The summed E-state index contributed by atoms with van der Waals surface area (Å²) in [5.41, 5.74) is 1.89. The van der Waals surface area contributed by atoms with E-state index in [2.05, 4.69) is 27.3 Å². The van der Waals surface area contributed by atoms with Gasteiger partial charge in [0.25, 0.3) is 0 Å². The zero-order chi connectivity index (χ0) is 13.8. The Hall–Kier alpha value is -1.57. The molecule has 0 aliphatic heterocycles. The number of nitrogens with one attached hydrogen (secondary N) is 1. The number of benzene rings is 2. The molecule has 0 bridgehead atoms. The van der Waals surface area contributed by atoms with E-state index in [1.807, 2.05) is 0 Å². The van der Waals surface area contributed by atoms with Gasteiger partial charge in [0.15, 0.2) is 0 Å². The van der Waals surface area contributed by atoms with Crippen LogP contribution in [0.3, 0.4) is 0 Å². The lowest BCUT2D eigenvalue weighted by atomic mass is 10.2. The molecule has 0 aliphatic carbocycles. The maximum Gasteiger partial charge on any atom is 0.129 e. The molecule has 0 saturated carbocycles. The van der Waals surface area contributed by atoms with Gasteiger partial charge >= 0.3 is 0 Å². The minimum absolute atomic E-state index is 0.341. The van der Waals surface area contributed by atoms with Crippen LogP contribution in [0.25, 0.3) is 0 Å². The standard InChI is InChI=1S/C14H9BrClFN2/c15-12-5-9(7-18)1-4-14(12)19-8-10-2-3-11(16)6-13(10)17/h1-6,19H,8H2. The van der Waals surface area contributed by atoms with Gasteiger partial charge < -0.3 is 5.32 Å². The molecule has 0 saturated heterocycles. The van der Waals surface area contributed by atoms with Crippen molar-refractivity contribution < 1.29 is 4.39 Å². The Bertz CT molecular complexity index is 652. The predicted octanol–water partition coefficient (Wildman–Crippen LogP) is 4.73. The Kier molecular flexibility index (Phi) is 4.41. The highest BCUT2D eigenvalue weighted by Gasteiger charge is 2.05. The SMILES string of the molecule is N#Cc1ccc(NCc2ccc(Cl)cc2F)c(Br)c1. The fraction of sp³-hybridized carbons (Fsp3) is 0.0714. The Labute approximate surface area is 123 Å². The van der Waals surface area contributed by atoms with E-state index in [4.69, 9.17) is 16.9 Å². The first kappa shape index (κ1) is 13.9. The van der Waals surface area contributed by atoms with Gasteiger partial charge in [-0.25, -0.2) is 4.39 Å². The lowest BCUT2D eigenvalue weighted by Crippen LogP contribution is -2.02. The van der Waals surface area contributed by atoms with Gasteiger partial charge in [-0.05, 0) is 46.3 Å². The molecule has 19 heavy (non-hydrogen) atoms. The van der Waals surface area contributed by atoms with E-state index in [0.29, 0.717) is 22.7 Å². The summed E-state index contributed by atoms with van der Waals surface area (Å²) in [7, 11) is 0. The number of rotatable bonds is 3. The fourth-order valence-electron chi connectivity index (χ4n) is 1.58. The molecule has 2 rings (SSSR count). The van der Waals surface area contributed by atoms with Crippen LogP contribution in [0.4, 0.5) is 10.1 Å². The van der Waals surface area contributed by atoms with Crippen LogP contribution in [0.5, 0.6) is 0 Å². The van der Waals surface area contributed by atoms with Crippen molar-refractivity contribution in [3.63, 3.8) is 0 Å². The summed E-state index contributed by atoms with van der Waals surface area (Å²) >= 11 is 9.06. The van der Waals surface area contributed by atoms with Gasteiger partial charge in [0.2, 0.25) is 0 Å². The number of halogens is 3. The minimum Gasteiger partial charge on any atom is -0.380 e. The number of anilines is 1. The second-order valence-electron chi connectivity index (χ2n) is 3.90. The average molecular weight is 340 g/mol. The Balaban J connectivity index is 2.13. The van der Waals surface area contributed by atoms with E-state index >= 15 is 0 Å². The predicted molar refractivity (Wildman–Crippen MR) is 77.6 cm³/mol. The second-order valence-corrected chi connectivity index (χ2v) is 5.19. The largest absolute Gasteiger partial charge is 0.380 e. The molecular formula is C14H9BrClFN2. The van der Waals surface area contributed by atoms with Crippen LogP contribution in [0.1, 0.15) is 11.1 Å². The first-order chi connectivity index (χ1) is 9.10. The summed E-state index contributed by atoms with van der Waals surface area (Å²) in [6, 6.07) is 11.8. The second kappa shape index (κ2) is 6.05. The molecule has 0 aromatic heterocycles. The summed E-state index contributed by atoms with van der Waals surface area (Å²) in [6.45, 7) is 0.341. The summed E-state index contributed by atoms with van der Waals surface area (Å²) < 4.78 is 14.4. The van der Waals surface area contributed by atoms with Crippen molar-refractivity contribution in [2.75, 3.05) is 5.32 Å². The molecule has 0 radical (unpaired) electrons. The van der Waals surface area contributed by atoms with Crippen LogP contribution in [0, 0.1) is 17.1 Å². The van der Waals surface area contributed by atoms with Gasteiger partial charge in [0.05, 0.1) is 11.6 Å². The number of hydrogen-bond donors (Lipinski definition) is 1. The molecule has 96 valence electrons. The molecule has 1 N–H and O–H groups in total. The monoisotopic (exact) mass is 338 g/mol. The summed E-state index contributed by atoms with van der Waals surface area (Å²) in [4.78, 5) is 0. The number of nitriles is 1. The van der Waals surface area contributed by atoms with Gasteiger partial charge in [0.1, 0.15) is 5.82 Å². The third-order valence-corrected chi connectivity index (χ3v) is 3.47. The normalized spacial score (nSPS) is 10.0. The van der Waals surface area contributed by atoms with Gasteiger partial charge in [-0.15, -0.1) is 0 Å². The highest BCUT2D eigenvalue weighted by molar-refractivity contribution is 9.10. The molecule has 0 aliphatic rings. The number of nitrogens with zero attached hydrogens (tertiary/aromatic N) is 1. The van der Waals surface area contributed by atoms with Crippen molar-refractivity contribution in [3.8, 4) is 6.07 Å². The van der Waals surface area contributed by atoms with E-state index in [1.54, 1.807) is 30.3 Å². The van der Waals surface area contributed by atoms with E-state index in [1.165, 1.54) is 6.07 Å². The Morgan fingerprint density at radius 3 is 2.68 bits per heavy atom.